The van der Waals surface area contributed by atoms with Crippen molar-refractivity contribution in [3.8, 4) is 0 Å². The third-order valence-corrected chi connectivity index (χ3v) is 2.08. The van der Waals surface area contributed by atoms with Gasteiger partial charge in [0.2, 0.25) is 0 Å². The molecule has 0 saturated carbocycles. The summed E-state index contributed by atoms with van der Waals surface area (Å²) in [6.07, 6.45) is 0. The number of rotatable bonds is 4. The second-order valence-electron chi connectivity index (χ2n) is 3.96. The molecular formula is C14H15N2O2. The van der Waals surface area contributed by atoms with Crippen LogP contribution in [0.2, 0.25) is 0 Å². The lowest BCUT2D eigenvalue weighted by atomic mass is 10.2. The average molecular weight is 243 g/mol. The molecule has 1 aromatic carbocycles. The second kappa shape index (κ2) is 5.82. The van der Waals surface area contributed by atoms with Gasteiger partial charge in [-0.05, 0) is 26.0 Å². The van der Waals surface area contributed by atoms with E-state index in [0.717, 1.165) is 0 Å². The molecule has 0 atom stereocenters. The first-order valence-corrected chi connectivity index (χ1v) is 5.35. The van der Waals surface area contributed by atoms with Crippen molar-refractivity contribution in [2.24, 2.45) is 0 Å². The number of amides is 2. The molecule has 0 unspecified atom stereocenters. The van der Waals surface area contributed by atoms with E-state index < -0.39 is 0 Å². The summed E-state index contributed by atoms with van der Waals surface area (Å²) in [4.78, 5) is 22.9. The maximum absolute atomic E-state index is 11.4. The van der Waals surface area contributed by atoms with Gasteiger partial charge in [0.1, 0.15) is 0 Å². The highest BCUT2D eigenvalue weighted by atomic mass is 16.2. The van der Waals surface area contributed by atoms with Gasteiger partial charge in [-0.3, -0.25) is 9.59 Å². The predicted octanol–water partition coefficient (Wildman–Crippen LogP) is 2.52. The summed E-state index contributed by atoms with van der Waals surface area (Å²) in [6, 6.07) is 7.75. The highest BCUT2D eigenvalue weighted by Gasteiger charge is 2.05. The molecule has 0 aliphatic rings. The summed E-state index contributed by atoms with van der Waals surface area (Å²) in [5.41, 5.74) is 1.86. The normalized spacial score (nSPS) is 9.44. The molecule has 2 amide bonds. The van der Waals surface area contributed by atoms with E-state index in [1.54, 1.807) is 32.0 Å². The standard InChI is InChI=1S/C14H15N2O2/c1-9(2)13(17)15-11-6-5-7-12(8-11)16-14(18)10(3)4/h5-6,8H,1,3H2,2,4H3,(H,15,17)(H,16,18). The van der Waals surface area contributed by atoms with Crippen LogP contribution in [0.1, 0.15) is 13.8 Å². The smallest absolute Gasteiger partial charge is 0.250 e. The van der Waals surface area contributed by atoms with Crippen molar-refractivity contribution in [2.45, 2.75) is 13.8 Å². The van der Waals surface area contributed by atoms with E-state index in [1.807, 2.05) is 0 Å². The zero-order valence-electron chi connectivity index (χ0n) is 10.5. The van der Waals surface area contributed by atoms with Crippen molar-refractivity contribution < 1.29 is 9.59 Å². The summed E-state index contributed by atoms with van der Waals surface area (Å²) >= 11 is 0. The first-order valence-electron chi connectivity index (χ1n) is 5.35. The number of carbonyl (C=O) groups is 2. The predicted molar refractivity (Wildman–Crippen MR) is 72.2 cm³/mol. The lowest BCUT2D eigenvalue weighted by Gasteiger charge is -2.08. The minimum atomic E-state index is -0.283. The van der Waals surface area contributed by atoms with Gasteiger partial charge in [0, 0.05) is 22.9 Å². The lowest BCUT2D eigenvalue weighted by molar-refractivity contribution is -0.113. The van der Waals surface area contributed by atoms with Crippen molar-refractivity contribution in [2.75, 3.05) is 10.6 Å². The molecule has 2 N–H and O–H groups in total. The zero-order valence-corrected chi connectivity index (χ0v) is 10.5. The first kappa shape index (κ1) is 13.7. The van der Waals surface area contributed by atoms with Gasteiger partial charge >= 0.3 is 0 Å². The summed E-state index contributed by atoms with van der Waals surface area (Å²) in [5, 5.41) is 5.27. The van der Waals surface area contributed by atoms with Crippen molar-refractivity contribution >= 4 is 23.2 Å². The Kier molecular flexibility index (Phi) is 4.43. The van der Waals surface area contributed by atoms with E-state index in [0.29, 0.717) is 22.5 Å². The summed E-state index contributed by atoms with van der Waals surface area (Å²) < 4.78 is 0. The molecule has 0 bridgehead atoms. The molecular weight excluding hydrogens is 228 g/mol. The van der Waals surface area contributed by atoms with Crippen LogP contribution in [-0.4, -0.2) is 11.8 Å². The van der Waals surface area contributed by atoms with Gasteiger partial charge in [-0.25, -0.2) is 0 Å². The molecule has 4 heteroatoms. The topological polar surface area (TPSA) is 58.2 Å². The van der Waals surface area contributed by atoms with Crippen LogP contribution in [0.3, 0.4) is 0 Å². The molecule has 4 nitrogen and oxygen atoms in total. The Bertz CT molecular complexity index is 475. The Labute approximate surface area is 106 Å². The van der Waals surface area contributed by atoms with Crippen LogP contribution < -0.4 is 10.6 Å². The number of hydrogen-bond acceptors (Lipinski definition) is 2. The Hall–Kier alpha value is -2.36. The van der Waals surface area contributed by atoms with Gasteiger partial charge in [-0.2, -0.15) is 0 Å². The average Bonchev–Trinajstić information content (AvgIpc) is 2.29. The van der Waals surface area contributed by atoms with Crippen LogP contribution in [0.4, 0.5) is 11.4 Å². The van der Waals surface area contributed by atoms with E-state index in [-0.39, 0.29) is 11.8 Å². The van der Waals surface area contributed by atoms with E-state index in [1.165, 1.54) is 0 Å². The Morgan fingerprint density at radius 3 is 2.22 bits per heavy atom. The zero-order chi connectivity index (χ0) is 13.7. The van der Waals surface area contributed by atoms with E-state index in [2.05, 4.69) is 29.9 Å². The molecule has 1 aromatic rings. The van der Waals surface area contributed by atoms with E-state index in [9.17, 15) is 9.59 Å². The molecule has 18 heavy (non-hydrogen) atoms. The minimum absolute atomic E-state index is 0.265. The van der Waals surface area contributed by atoms with Crippen molar-refractivity contribution in [3.63, 3.8) is 0 Å². The number of nitrogens with one attached hydrogen (secondary N) is 2. The van der Waals surface area contributed by atoms with Gasteiger partial charge in [-0.1, -0.05) is 19.2 Å². The van der Waals surface area contributed by atoms with Crippen LogP contribution in [0.5, 0.6) is 0 Å². The molecule has 0 aliphatic heterocycles. The second-order valence-corrected chi connectivity index (χ2v) is 3.96. The van der Waals surface area contributed by atoms with Gasteiger partial charge in [0.05, 0.1) is 5.69 Å². The Morgan fingerprint density at radius 1 is 1.11 bits per heavy atom. The molecule has 93 valence electrons. The molecule has 1 radical (unpaired) electrons. The molecule has 0 heterocycles. The van der Waals surface area contributed by atoms with Crippen LogP contribution in [0, 0.1) is 6.07 Å². The van der Waals surface area contributed by atoms with Crippen LogP contribution in [0.15, 0.2) is 42.5 Å². The monoisotopic (exact) mass is 243 g/mol. The fraction of sp³-hybridized carbons (Fsp3) is 0.143. The molecule has 0 aromatic heterocycles. The fourth-order valence-corrected chi connectivity index (χ4v) is 1.08. The minimum Gasteiger partial charge on any atom is -0.322 e. The van der Waals surface area contributed by atoms with Crippen LogP contribution >= 0.6 is 0 Å². The van der Waals surface area contributed by atoms with Gasteiger partial charge in [0.25, 0.3) is 11.8 Å². The van der Waals surface area contributed by atoms with Crippen molar-refractivity contribution in [1.82, 2.24) is 0 Å². The molecule has 0 spiro atoms. The number of benzene rings is 1. The third kappa shape index (κ3) is 3.90. The number of anilines is 2. The highest BCUT2D eigenvalue weighted by molar-refractivity contribution is 6.04. The van der Waals surface area contributed by atoms with Crippen molar-refractivity contribution in [3.05, 3.63) is 48.6 Å². The molecule has 0 saturated heterocycles. The third-order valence-electron chi connectivity index (χ3n) is 2.08. The lowest BCUT2D eigenvalue weighted by Crippen LogP contribution is -2.14. The highest BCUT2D eigenvalue weighted by Crippen LogP contribution is 2.15. The number of hydrogen-bond donors (Lipinski definition) is 2. The molecule has 1 rings (SSSR count). The van der Waals surface area contributed by atoms with E-state index >= 15 is 0 Å². The SMILES string of the molecule is C=C(C)C(=O)Nc1[c]ccc(NC(=O)C(=C)C)c1. The largest absolute Gasteiger partial charge is 0.322 e. The summed E-state index contributed by atoms with van der Waals surface area (Å²) in [7, 11) is 0. The van der Waals surface area contributed by atoms with Gasteiger partial charge in [0.15, 0.2) is 0 Å². The maximum atomic E-state index is 11.4. The summed E-state index contributed by atoms with van der Waals surface area (Å²) in [6.45, 7) is 10.3. The van der Waals surface area contributed by atoms with Crippen LogP contribution in [0.25, 0.3) is 0 Å². The fourth-order valence-electron chi connectivity index (χ4n) is 1.08. The summed E-state index contributed by atoms with van der Waals surface area (Å²) in [5.74, 6) is -0.548. The maximum Gasteiger partial charge on any atom is 0.250 e. The number of carbonyl (C=O) groups excluding carboxylic acids is 2. The Morgan fingerprint density at radius 2 is 1.67 bits per heavy atom. The Balaban J connectivity index is 2.80. The molecule has 0 aliphatic carbocycles. The molecule has 0 fully saturated rings. The van der Waals surface area contributed by atoms with Crippen molar-refractivity contribution in [1.29, 1.82) is 0 Å². The van der Waals surface area contributed by atoms with E-state index in [4.69, 9.17) is 0 Å². The quantitative estimate of drug-likeness (QED) is 0.798. The van der Waals surface area contributed by atoms with Gasteiger partial charge in [-0.15, -0.1) is 0 Å². The van der Waals surface area contributed by atoms with Gasteiger partial charge < -0.3 is 10.6 Å². The van der Waals surface area contributed by atoms with Crippen LogP contribution in [-0.2, 0) is 9.59 Å². The first-order chi connectivity index (χ1) is 8.40.